The van der Waals surface area contributed by atoms with E-state index in [1.54, 1.807) is 11.1 Å². The fourth-order valence-electron chi connectivity index (χ4n) is 2.42. The number of nitrogens with zero attached hydrogens (tertiary/aromatic N) is 3. The number of fused-ring (bicyclic) bond motifs is 2. The van der Waals surface area contributed by atoms with Crippen molar-refractivity contribution in [3.05, 3.63) is 59.8 Å². The lowest BCUT2D eigenvalue weighted by atomic mass is 10.0. The van der Waals surface area contributed by atoms with Gasteiger partial charge in [0.05, 0.1) is 11.3 Å². The molecular formula is C16H11N3O. The molecule has 1 aliphatic heterocycles. The van der Waals surface area contributed by atoms with Gasteiger partial charge in [0.15, 0.2) is 11.5 Å². The van der Waals surface area contributed by atoms with Crippen LogP contribution in [0.2, 0.25) is 0 Å². The first-order valence-electron chi connectivity index (χ1n) is 6.41. The molecule has 1 amide bonds. The molecule has 0 aliphatic carbocycles. The van der Waals surface area contributed by atoms with E-state index >= 15 is 0 Å². The molecule has 1 aromatic carbocycles. The maximum atomic E-state index is 12.2. The lowest BCUT2D eigenvalue weighted by molar-refractivity contribution is 0.0979. The third-order valence-corrected chi connectivity index (χ3v) is 3.51. The summed E-state index contributed by atoms with van der Waals surface area (Å²) in [6.07, 6.45) is 1.71. The third-order valence-electron chi connectivity index (χ3n) is 3.51. The van der Waals surface area contributed by atoms with E-state index in [1.165, 1.54) is 0 Å². The van der Waals surface area contributed by atoms with E-state index in [0.717, 1.165) is 16.6 Å². The van der Waals surface area contributed by atoms with Crippen LogP contribution in [-0.4, -0.2) is 15.9 Å². The quantitative estimate of drug-likeness (QED) is 0.675. The van der Waals surface area contributed by atoms with Crippen LogP contribution in [0.25, 0.3) is 11.0 Å². The summed E-state index contributed by atoms with van der Waals surface area (Å²) in [5, 5.41) is 0.892. The molecular weight excluding hydrogens is 250 g/mol. The fraction of sp³-hybridized carbons (Fsp3) is 0.0625. The molecule has 4 heteroatoms. The normalized spacial score (nSPS) is 13.2. The summed E-state index contributed by atoms with van der Waals surface area (Å²) in [5.74, 6) is 0.673. The van der Waals surface area contributed by atoms with Crippen molar-refractivity contribution in [1.29, 1.82) is 0 Å². The Bertz CT molecular complexity index is 840. The Balaban J connectivity index is 1.87. The van der Waals surface area contributed by atoms with E-state index in [9.17, 15) is 4.79 Å². The topological polar surface area (TPSA) is 46.1 Å². The molecule has 0 saturated heterocycles. The molecule has 4 nitrogen and oxygen atoms in total. The van der Waals surface area contributed by atoms with Gasteiger partial charge in [0, 0.05) is 11.6 Å². The molecule has 0 atom stereocenters. The number of hydrogen-bond acceptors (Lipinski definition) is 3. The van der Waals surface area contributed by atoms with Gasteiger partial charge in [-0.05, 0) is 37.3 Å². The number of carbonyl (C=O) groups excluding carboxylic acids is 1. The highest BCUT2D eigenvalue weighted by molar-refractivity contribution is 6.23. The monoisotopic (exact) mass is 261 g/mol. The van der Waals surface area contributed by atoms with Crippen LogP contribution in [0.5, 0.6) is 0 Å². The van der Waals surface area contributed by atoms with Gasteiger partial charge in [0.2, 0.25) is 0 Å². The van der Waals surface area contributed by atoms with Crippen molar-refractivity contribution in [2.75, 3.05) is 4.90 Å². The summed E-state index contributed by atoms with van der Waals surface area (Å²) in [7, 11) is 0. The van der Waals surface area contributed by atoms with Gasteiger partial charge in [-0.25, -0.2) is 9.97 Å². The van der Waals surface area contributed by atoms with Crippen molar-refractivity contribution in [1.82, 2.24) is 9.97 Å². The molecule has 0 bridgehead atoms. The zero-order valence-electron chi connectivity index (χ0n) is 10.9. The van der Waals surface area contributed by atoms with Gasteiger partial charge in [-0.15, -0.1) is 0 Å². The molecule has 0 N–H and O–H groups in total. The number of hydrogen-bond donors (Lipinski definition) is 0. The number of aryl methyl sites for hydroxylation is 1. The molecule has 96 valence electrons. The van der Waals surface area contributed by atoms with Crippen LogP contribution in [0, 0.1) is 6.92 Å². The standard InChI is InChI=1S/C16H11N3O/c1-10-4-6-12(7-5-10)19-15-13(16(19)20)9-11-3-2-8-17-14(11)18-15/h2-9H,1H3. The predicted octanol–water partition coefficient (Wildman–Crippen LogP) is 3.23. The molecule has 2 aromatic heterocycles. The van der Waals surface area contributed by atoms with Crippen molar-refractivity contribution in [2.45, 2.75) is 6.92 Å². The number of rotatable bonds is 1. The maximum Gasteiger partial charge on any atom is 0.267 e. The van der Waals surface area contributed by atoms with Crippen LogP contribution in [0.1, 0.15) is 15.9 Å². The molecule has 3 heterocycles. The van der Waals surface area contributed by atoms with Crippen LogP contribution >= 0.6 is 0 Å². The largest absolute Gasteiger partial charge is 0.268 e. The summed E-state index contributed by atoms with van der Waals surface area (Å²) in [6.45, 7) is 2.02. The van der Waals surface area contributed by atoms with E-state index < -0.39 is 0 Å². The first kappa shape index (κ1) is 11.1. The Morgan fingerprint density at radius 1 is 1.10 bits per heavy atom. The summed E-state index contributed by atoms with van der Waals surface area (Å²) >= 11 is 0. The summed E-state index contributed by atoms with van der Waals surface area (Å²) in [6, 6.07) is 13.5. The van der Waals surface area contributed by atoms with Crippen molar-refractivity contribution in [3.63, 3.8) is 0 Å². The zero-order valence-corrected chi connectivity index (χ0v) is 10.9. The highest BCUT2D eigenvalue weighted by atomic mass is 16.2. The molecule has 0 spiro atoms. The van der Waals surface area contributed by atoms with Crippen molar-refractivity contribution >= 4 is 28.4 Å². The Morgan fingerprint density at radius 2 is 1.90 bits per heavy atom. The Hall–Kier alpha value is -2.75. The number of benzene rings is 1. The first-order chi connectivity index (χ1) is 9.74. The highest BCUT2D eigenvalue weighted by Gasteiger charge is 2.36. The van der Waals surface area contributed by atoms with E-state index in [0.29, 0.717) is 17.0 Å². The number of aromatic nitrogens is 2. The van der Waals surface area contributed by atoms with Crippen molar-refractivity contribution in [2.24, 2.45) is 0 Å². The average molecular weight is 261 g/mol. The molecule has 0 saturated carbocycles. The Morgan fingerprint density at radius 3 is 2.70 bits per heavy atom. The van der Waals surface area contributed by atoms with E-state index in [-0.39, 0.29) is 5.91 Å². The van der Waals surface area contributed by atoms with Gasteiger partial charge in [-0.1, -0.05) is 17.7 Å². The SMILES string of the molecule is Cc1ccc(N2C(=O)c3cc4cccnc4nc32)cc1. The van der Waals surface area contributed by atoms with Crippen LogP contribution in [0.3, 0.4) is 0 Å². The second-order valence-electron chi connectivity index (χ2n) is 4.89. The predicted molar refractivity (Wildman–Crippen MR) is 77.2 cm³/mol. The van der Waals surface area contributed by atoms with Crippen molar-refractivity contribution < 1.29 is 4.79 Å². The lowest BCUT2D eigenvalue weighted by Crippen LogP contribution is -2.37. The summed E-state index contributed by atoms with van der Waals surface area (Å²) < 4.78 is 0. The molecule has 3 aromatic rings. The van der Waals surface area contributed by atoms with Crippen LogP contribution in [-0.2, 0) is 0 Å². The number of pyridine rings is 2. The van der Waals surface area contributed by atoms with E-state index in [1.807, 2.05) is 49.4 Å². The van der Waals surface area contributed by atoms with Gasteiger partial charge in [-0.3, -0.25) is 9.69 Å². The molecule has 0 radical (unpaired) electrons. The zero-order chi connectivity index (χ0) is 13.7. The van der Waals surface area contributed by atoms with Gasteiger partial charge in [0.25, 0.3) is 5.91 Å². The number of carbonyl (C=O) groups is 1. The number of amides is 1. The summed E-state index contributed by atoms with van der Waals surface area (Å²) in [4.78, 5) is 22.6. The molecule has 0 fully saturated rings. The van der Waals surface area contributed by atoms with E-state index in [4.69, 9.17) is 0 Å². The first-order valence-corrected chi connectivity index (χ1v) is 6.41. The molecule has 1 aliphatic rings. The number of anilines is 2. The smallest absolute Gasteiger partial charge is 0.267 e. The van der Waals surface area contributed by atoms with Crippen LogP contribution in [0.4, 0.5) is 11.5 Å². The Kier molecular flexibility index (Phi) is 2.15. The third kappa shape index (κ3) is 1.45. The fourth-order valence-corrected chi connectivity index (χ4v) is 2.42. The minimum Gasteiger partial charge on any atom is -0.268 e. The van der Waals surface area contributed by atoms with E-state index in [2.05, 4.69) is 9.97 Å². The minimum absolute atomic E-state index is 0.0119. The average Bonchev–Trinajstić information content (AvgIpc) is 2.48. The Labute approximate surface area is 115 Å². The molecule has 0 unspecified atom stereocenters. The maximum absolute atomic E-state index is 12.2. The van der Waals surface area contributed by atoms with Gasteiger partial charge >= 0.3 is 0 Å². The second-order valence-corrected chi connectivity index (χ2v) is 4.89. The minimum atomic E-state index is -0.0119. The van der Waals surface area contributed by atoms with Crippen LogP contribution < -0.4 is 4.90 Å². The highest BCUT2D eigenvalue weighted by Crippen LogP contribution is 2.38. The van der Waals surface area contributed by atoms with Gasteiger partial charge < -0.3 is 0 Å². The van der Waals surface area contributed by atoms with Crippen molar-refractivity contribution in [3.8, 4) is 0 Å². The van der Waals surface area contributed by atoms with Gasteiger partial charge in [0.1, 0.15) is 0 Å². The summed E-state index contributed by atoms with van der Waals surface area (Å²) in [5.41, 5.74) is 3.33. The molecule has 4 rings (SSSR count). The second kappa shape index (κ2) is 3.87. The lowest BCUT2D eigenvalue weighted by Gasteiger charge is -2.32. The van der Waals surface area contributed by atoms with Crippen LogP contribution in [0.15, 0.2) is 48.7 Å². The molecule has 20 heavy (non-hydrogen) atoms. The van der Waals surface area contributed by atoms with Gasteiger partial charge in [-0.2, -0.15) is 0 Å².